The highest BCUT2D eigenvalue weighted by atomic mass is 31.2. The van der Waals surface area contributed by atoms with Gasteiger partial charge in [-0.1, -0.05) is 12.1 Å². The number of aryl methyl sites for hydroxylation is 1. The summed E-state index contributed by atoms with van der Waals surface area (Å²) in [6, 6.07) is 8.03. The predicted molar refractivity (Wildman–Crippen MR) is 82.8 cm³/mol. The minimum absolute atomic E-state index is 0.0934. The standard InChI is InChI=1S/C15H17O7P/c16-10-4-1-9(2-5-10)3-6-12(18)15-13(19)7-11(17)8-14(15)23(20,21)22/h1-2,4-5,7-8,12,16-19H,3,6H2,(H2,20,21,22). The molecule has 124 valence electrons. The largest absolute Gasteiger partial charge is 0.508 e. The van der Waals surface area contributed by atoms with Crippen molar-refractivity contribution in [3.8, 4) is 17.2 Å². The Balaban J connectivity index is 2.26. The van der Waals surface area contributed by atoms with E-state index in [0.29, 0.717) is 6.42 Å². The molecule has 0 aliphatic rings. The zero-order valence-electron chi connectivity index (χ0n) is 12.0. The number of hydrogen-bond acceptors (Lipinski definition) is 5. The summed E-state index contributed by atoms with van der Waals surface area (Å²) in [6.45, 7) is 0. The maximum atomic E-state index is 11.5. The molecular weight excluding hydrogens is 323 g/mol. The lowest BCUT2D eigenvalue weighted by atomic mass is 10.00. The molecule has 0 aliphatic heterocycles. The highest BCUT2D eigenvalue weighted by Gasteiger charge is 2.28. The molecule has 0 saturated carbocycles. The first kappa shape index (κ1) is 17.3. The van der Waals surface area contributed by atoms with Gasteiger partial charge in [-0.05, 0) is 36.6 Å². The summed E-state index contributed by atoms with van der Waals surface area (Å²) in [5.74, 6) is -0.980. The molecule has 0 spiro atoms. The van der Waals surface area contributed by atoms with E-state index in [1.54, 1.807) is 12.1 Å². The predicted octanol–water partition coefficient (Wildman–Crippen LogP) is 1.27. The maximum Gasteiger partial charge on any atom is 0.356 e. The maximum absolute atomic E-state index is 11.5. The van der Waals surface area contributed by atoms with Crippen molar-refractivity contribution in [3.05, 3.63) is 47.5 Å². The smallest absolute Gasteiger partial charge is 0.356 e. The van der Waals surface area contributed by atoms with Crippen LogP contribution in [0.3, 0.4) is 0 Å². The average molecular weight is 340 g/mol. The summed E-state index contributed by atoms with van der Waals surface area (Å²) < 4.78 is 11.5. The van der Waals surface area contributed by atoms with E-state index in [9.17, 15) is 34.8 Å². The number of aromatic hydroxyl groups is 3. The van der Waals surface area contributed by atoms with Crippen LogP contribution in [0.25, 0.3) is 0 Å². The number of rotatable bonds is 5. The summed E-state index contributed by atoms with van der Waals surface area (Å²) in [6.07, 6.45) is -0.870. The second-order valence-corrected chi connectivity index (χ2v) is 6.73. The molecule has 8 heteroatoms. The summed E-state index contributed by atoms with van der Waals surface area (Å²) >= 11 is 0. The van der Waals surface area contributed by atoms with Gasteiger partial charge in [-0.3, -0.25) is 4.57 Å². The molecule has 2 aromatic rings. The number of benzene rings is 2. The van der Waals surface area contributed by atoms with Crippen molar-refractivity contribution >= 4 is 12.9 Å². The lowest BCUT2D eigenvalue weighted by molar-refractivity contribution is 0.164. The summed E-state index contributed by atoms with van der Waals surface area (Å²) in [7, 11) is -4.78. The number of aliphatic hydroxyl groups is 1. The van der Waals surface area contributed by atoms with Crippen LogP contribution < -0.4 is 5.30 Å². The highest BCUT2D eigenvalue weighted by molar-refractivity contribution is 7.60. The second kappa shape index (κ2) is 6.60. The molecule has 0 aliphatic carbocycles. The SMILES string of the molecule is O=P(O)(O)c1cc(O)cc(O)c1C(O)CCc1ccc(O)cc1. The number of aliphatic hydroxyl groups excluding tert-OH is 1. The summed E-state index contributed by atoms with van der Waals surface area (Å²) in [5, 5.41) is 38.1. The van der Waals surface area contributed by atoms with Crippen LogP contribution >= 0.6 is 7.60 Å². The van der Waals surface area contributed by atoms with Gasteiger partial charge in [0.2, 0.25) is 0 Å². The molecule has 6 N–H and O–H groups in total. The molecule has 0 fully saturated rings. The van der Waals surface area contributed by atoms with Crippen molar-refractivity contribution in [3.63, 3.8) is 0 Å². The lowest BCUT2D eigenvalue weighted by Crippen LogP contribution is -2.15. The minimum atomic E-state index is -4.78. The molecule has 0 saturated heterocycles. The third-order valence-electron chi connectivity index (χ3n) is 3.41. The van der Waals surface area contributed by atoms with Crippen molar-refractivity contribution in [1.82, 2.24) is 0 Å². The monoisotopic (exact) mass is 340 g/mol. The van der Waals surface area contributed by atoms with Crippen LogP contribution in [0.1, 0.15) is 23.7 Å². The van der Waals surface area contributed by atoms with Gasteiger partial charge < -0.3 is 30.2 Å². The van der Waals surface area contributed by atoms with Crippen LogP contribution in [0.5, 0.6) is 17.2 Å². The van der Waals surface area contributed by atoms with E-state index in [-0.39, 0.29) is 17.7 Å². The first-order valence-corrected chi connectivity index (χ1v) is 8.37. The van der Waals surface area contributed by atoms with E-state index in [2.05, 4.69) is 0 Å². The molecule has 23 heavy (non-hydrogen) atoms. The fourth-order valence-corrected chi connectivity index (χ4v) is 3.18. The molecule has 0 aromatic heterocycles. The van der Waals surface area contributed by atoms with Crippen LogP contribution in [0.15, 0.2) is 36.4 Å². The molecule has 0 heterocycles. The van der Waals surface area contributed by atoms with E-state index < -0.39 is 30.5 Å². The Hall–Kier alpha value is -2.05. The van der Waals surface area contributed by atoms with E-state index >= 15 is 0 Å². The minimum Gasteiger partial charge on any atom is -0.508 e. The molecular formula is C15H17O7P. The Labute approximate surface area is 132 Å². The Morgan fingerprint density at radius 3 is 2.13 bits per heavy atom. The van der Waals surface area contributed by atoms with E-state index in [1.165, 1.54) is 12.1 Å². The van der Waals surface area contributed by atoms with Gasteiger partial charge in [0.15, 0.2) is 0 Å². The molecule has 2 aromatic carbocycles. The highest BCUT2D eigenvalue weighted by Crippen LogP contribution is 2.41. The van der Waals surface area contributed by atoms with Crippen LogP contribution in [0, 0.1) is 0 Å². The third kappa shape index (κ3) is 4.24. The van der Waals surface area contributed by atoms with Gasteiger partial charge in [-0.15, -0.1) is 0 Å². The van der Waals surface area contributed by atoms with E-state index in [1.807, 2.05) is 0 Å². The molecule has 1 unspecified atom stereocenters. The van der Waals surface area contributed by atoms with Gasteiger partial charge >= 0.3 is 7.60 Å². The van der Waals surface area contributed by atoms with Crippen molar-refractivity contribution < 1.29 is 34.8 Å². The molecule has 0 amide bonds. The number of phenols is 3. The van der Waals surface area contributed by atoms with Crippen LogP contribution in [0.2, 0.25) is 0 Å². The van der Waals surface area contributed by atoms with Crippen molar-refractivity contribution in [1.29, 1.82) is 0 Å². The molecule has 2 rings (SSSR count). The van der Waals surface area contributed by atoms with Gasteiger partial charge in [-0.25, -0.2) is 0 Å². The fraction of sp³-hybridized carbons (Fsp3) is 0.200. The molecule has 0 bridgehead atoms. The third-order valence-corrected chi connectivity index (χ3v) is 4.41. The van der Waals surface area contributed by atoms with Gasteiger partial charge in [-0.2, -0.15) is 0 Å². The molecule has 1 atom stereocenters. The topological polar surface area (TPSA) is 138 Å². The van der Waals surface area contributed by atoms with Crippen LogP contribution in [-0.2, 0) is 11.0 Å². The summed E-state index contributed by atoms with van der Waals surface area (Å²) in [4.78, 5) is 18.7. The Bertz CT molecular complexity index is 736. The molecule has 0 radical (unpaired) electrons. The zero-order valence-corrected chi connectivity index (χ0v) is 12.9. The van der Waals surface area contributed by atoms with E-state index in [4.69, 9.17) is 0 Å². The van der Waals surface area contributed by atoms with Crippen LogP contribution in [-0.4, -0.2) is 30.2 Å². The number of phenolic OH excluding ortho intramolecular Hbond substituents is 3. The molecule has 7 nitrogen and oxygen atoms in total. The van der Waals surface area contributed by atoms with Crippen LogP contribution in [0.4, 0.5) is 0 Å². The van der Waals surface area contributed by atoms with Crippen molar-refractivity contribution in [2.24, 2.45) is 0 Å². The van der Waals surface area contributed by atoms with Crippen molar-refractivity contribution in [2.75, 3.05) is 0 Å². The van der Waals surface area contributed by atoms with Gasteiger partial charge in [0.05, 0.1) is 11.4 Å². The Kier molecular flexibility index (Phi) is 4.97. The van der Waals surface area contributed by atoms with E-state index in [0.717, 1.165) is 17.7 Å². The number of hydrogen-bond donors (Lipinski definition) is 6. The van der Waals surface area contributed by atoms with Gasteiger partial charge in [0, 0.05) is 11.6 Å². The quantitative estimate of drug-likeness (QED) is 0.451. The van der Waals surface area contributed by atoms with Gasteiger partial charge in [0.25, 0.3) is 0 Å². The zero-order chi connectivity index (χ0) is 17.2. The normalized spacial score (nSPS) is 13.0. The van der Waals surface area contributed by atoms with Crippen molar-refractivity contribution in [2.45, 2.75) is 18.9 Å². The Morgan fingerprint density at radius 2 is 1.57 bits per heavy atom. The first-order valence-electron chi connectivity index (χ1n) is 6.76. The average Bonchev–Trinajstić information content (AvgIpc) is 2.44. The van der Waals surface area contributed by atoms with Gasteiger partial charge in [0.1, 0.15) is 17.2 Å². The lowest BCUT2D eigenvalue weighted by Gasteiger charge is -2.18. The Morgan fingerprint density at radius 1 is 0.957 bits per heavy atom. The summed E-state index contributed by atoms with van der Waals surface area (Å²) in [5.41, 5.74) is 0.507. The second-order valence-electron chi connectivity index (χ2n) is 5.16. The first-order chi connectivity index (χ1) is 10.7. The fourth-order valence-electron chi connectivity index (χ4n) is 2.30.